The molecule has 5 nitrogen and oxygen atoms in total. The van der Waals surface area contributed by atoms with E-state index >= 15 is 0 Å². The van der Waals surface area contributed by atoms with Gasteiger partial charge in [0.25, 0.3) is 0 Å². The minimum Gasteiger partial charge on any atom is -0.458 e. The van der Waals surface area contributed by atoms with Crippen molar-refractivity contribution in [2.75, 3.05) is 6.61 Å². The predicted octanol–water partition coefficient (Wildman–Crippen LogP) is 4.18. The van der Waals surface area contributed by atoms with Gasteiger partial charge < -0.3 is 14.6 Å². The Kier molecular flexibility index (Phi) is 4.67. The lowest BCUT2D eigenvalue weighted by atomic mass is 9.43. The number of carbonyl (C=O) groups is 2. The number of esters is 2. The Morgan fingerprint density at radius 2 is 1.90 bits per heavy atom. The number of hydrogen-bond donors (Lipinski definition) is 1. The number of rotatable bonds is 2. The van der Waals surface area contributed by atoms with Crippen molar-refractivity contribution in [2.45, 2.75) is 90.3 Å². The molecule has 4 saturated carbocycles. The van der Waals surface area contributed by atoms with Crippen LogP contribution in [-0.4, -0.2) is 35.4 Å². The molecule has 4 fully saturated rings. The Balaban J connectivity index is 1.54. The normalized spacial score (nSPS) is 50.1. The van der Waals surface area contributed by atoms with E-state index in [1.807, 2.05) is 0 Å². The molecule has 0 spiro atoms. The van der Waals surface area contributed by atoms with Crippen LogP contribution >= 0.6 is 0 Å². The average molecular weight is 417 g/mol. The average Bonchev–Trinajstić information content (AvgIpc) is 3.22. The minimum absolute atomic E-state index is 0.154. The summed E-state index contributed by atoms with van der Waals surface area (Å²) in [6.45, 7) is 6.70. The molecular weight excluding hydrogens is 380 g/mol. The predicted molar refractivity (Wildman–Crippen MR) is 111 cm³/mol. The first-order valence-electron chi connectivity index (χ1n) is 11.9. The van der Waals surface area contributed by atoms with E-state index in [2.05, 4.69) is 13.8 Å². The number of aliphatic hydroxyl groups excluding tert-OH is 1. The molecule has 1 N–H and O–H groups in total. The molecule has 1 heterocycles. The summed E-state index contributed by atoms with van der Waals surface area (Å²) in [4.78, 5) is 24.2. The maximum absolute atomic E-state index is 12.4. The molecule has 5 heteroatoms. The van der Waals surface area contributed by atoms with E-state index in [1.165, 1.54) is 0 Å². The van der Waals surface area contributed by atoms with E-state index < -0.39 is 5.60 Å². The summed E-state index contributed by atoms with van der Waals surface area (Å²) in [7, 11) is 0. The lowest BCUT2D eigenvalue weighted by Crippen LogP contribution is -2.63. The number of cyclic esters (lactones) is 1. The highest BCUT2D eigenvalue weighted by molar-refractivity contribution is 5.85. The fourth-order valence-electron chi connectivity index (χ4n) is 8.86. The first kappa shape index (κ1) is 20.5. The van der Waals surface area contributed by atoms with Gasteiger partial charge in [-0.05, 0) is 86.5 Å². The number of fused-ring (bicyclic) bond motifs is 5. The van der Waals surface area contributed by atoms with Gasteiger partial charge in [-0.2, -0.15) is 0 Å². The highest BCUT2D eigenvalue weighted by Gasteiger charge is 2.70. The Hall–Kier alpha value is -1.36. The molecule has 0 aromatic rings. The minimum atomic E-state index is -0.455. The van der Waals surface area contributed by atoms with Gasteiger partial charge in [0.1, 0.15) is 12.2 Å². The number of aliphatic hydroxyl groups is 1. The molecule has 1 aliphatic heterocycles. The van der Waals surface area contributed by atoms with Crippen molar-refractivity contribution in [1.82, 2.24) is 0 Å². The van der Waals surface area contributed by atoms with Crippen LogP contribution in [0.2, 0.25) is 0 Å². The van der Waals surface area contributed by atoms with Crippen LogP contribution in [0.5, 0.6) is 0 Å². The van der Waals surface area contributed by atoms with Gasteiger partial charge in [0, 0.05) is 24.3 Å². The van der Waals surface area contributed by atoms with Gasteiger partial charge in [0.15, 0.2) is 0 Å². The van der Waals surface area contributed by atoms with Crippen molar-refractivity contribution in [1.29, 1.82) is 0 Å². The van der Waals surface area contributed by atoms with Gasteiger partial charge in [-0.25, -0.2) is 4.79 Å². The first-order valence-corrected chi connectivity index (χ1v) is 11.9. The SMILES string of the molecule is CC(=O)O[C@]12CC[C@H](C3=CC(=O)OC3)[C@@]1(C)CC[C@H]1[C@H]2CC[C@@H]2C[C@@H](O)CC[C@@]21C. The zero-order valence-corrected chi connectivity index (χ0v) is 18.6. The lowest BCUT2D eigenvalue weighted by Gasteiger charge is -2.64. The van der Waals surface area contributed by atoms with E-state index in [0.717, 1.165) is 63.4 Å². The Bertz CT molecular complexity index is 788. The molecule has 166 valence electrons. The van der Waals surface area contributed by atoms with E-state index in [1.54, 1.807) is 13.0 Å². The third-order valence-electron chi connectivity index (χ3n) is 10.2. The summed E-state index contributed by atoms with van der Waals surface area (Å²) < 4.78 is 11.7. The second-order valence-electron chi connectivity index (χ2n) is 11.3. The van der Waals surface area contributed by atoms with Crippen LogP contribution in [0.15, 0.2) is 11.6 Å². The Morgan fingerprint density at radius 1 is 1.10 bits per heavy atom. The topological polar surface area (TPSA) is 72.8 Å². The number of hydrogen-bond acceptors (Lipinski definition) is 5. The van der Waals surface area contributed by atoms with Crippen LogP contribution in [0, 0.1) is 34.5 Å². The molecule has 5 aliphatic rings. The van der Waals surface area contributed by atoms with Crippen molar-refractivity contribution in [2.24, 2.45) is 34.5 Å². The van der Waals surface area contributed by atoms with Crippen LogP contribution in [-0.2, 0) is 19.1 Å². The molecule has 30 heavy (non-hydrogen) atoms. The molecule has 0 saturated heterocycles. The van der Waals surface area contributed by atoms with Gasteiger partial charge in [0.2, 0.25) is 0 Å². The highest BCUT2D eigenvalue weighted by atomic mass is 16.6. The molecule has 0 radical (unpaired) electrons. The van der Waals surface area contributed by atoms with E-state index in [9.17, 15) is 14.7 Å². The Morgan fingerprint density at radius 3 is 2.60 bits per heavy atom. The molecule has 0 aromatic carbocycles. The summed E-state index contributed by atoms with van der Waals surface area (Å²) in [6.07, 6.45) is 10.6. The van der Waals surface area contributed by atoms with Crippen LogP contribution in [0.4, 0.5) is 0 Å². The molecular formula is C25H36O5. The number of ether oxygens (including phenoxy) is 2. The lowest BCUT2D eigenvalue weighted by molar-refractivity contribution is -0.228. The maximum Gasteiger partial charge on any atom is 0.331 e. The van der Waals surface area contributed by atoms with Crippen LogP contribution in [0.25, 0.3) is 0 Å². The molecule has 0 amide bonds. The van der Waals surface area contributed by atoms with Crippen molar-refractivity contribution in [3.63, 3.8) is 0 Å². The standard InChI is InChI=1S/C25H36O5/c1-15(26)30-25-11-8-19(16-12-22(28)29-14-16)24(25,3)10-7-20-21(25)5-4-17-13-18(27)6-9-23(17,20)2/h12,17-21,27H,4-11,13-14H2,1-3H3/t17-,18+,19-,20+,21-,23+,24-,25+/m1/s1. The molecule has 5 rings (SSSR count). The third-order valence-corrected chi connectivity index (χ3v) is 10.2. The van der Waals surface area contributed by atoms with Crippen LogP contribution in [0.1, 0.15) is 78.6 Å². The van der Waals surface area contributed by atoms with Crippen molar-refractivity contribution >= 4 is 11.9 Å². The maximum atomic E-state index is 12.4. The third kappa shape index (κ3) is 2.69. The molecule has 8 atom stereocenters. The van der Waals surface area contributed by atoms with Gasteiger partial charge >= 0.3 is 11.9 Å². The molecule has 4 aliphatic carbocycles. The van der Waals surface area contributed by atoms with E-state index in [0.29, 0.717) is 24.4 Å². The summed E-state index contributed by atoms with van der Waals surface area (Å²) >= 11 is 0. The summed E-state index contributed by atoms with van der Waals surface area (Å²) in [5, 5.41) is 10.3. The molecule has 0 aromatic heterocycles. The van der Waals surface area contributed by atoms with Crippen molar-refractivity contribution in [3.8, 4) is 0 Å². The van der Waals surface area contributed by atoms with E-state index in [-0.39, 0.29) is 34.8 Å². The molecule has 0 unspecified atom stereocenters. The van der Waals surface area contributed by atoms with Crippen LogP contribution < -0.4 is 0 Å². The van der Waals surface area contributed by atoms with Crippen molar-refractivity contribution in [3.05, 3.63) is 11.6 Å². The smallest absolute Gasteiger partial charge is 0.331 e. The van der Waals surface area contributed by atoms with Crippen molar-refractivity contribution < 1.29 is 24.2 Å². The monoisotopic (exact) mass is 416 g/mol. The number of carbonyl (C=O) groups excluding carboxylic acids is 2. The fourth-order valence-corrected chi connectivity index (χ4v) is 8.86. The van der Waals surface area contributed by atoms with Gasteiger partial charge in [-0.1, -0.05) is 13.8 Å². The first-order chi connectivity index (χ1) is 14.2. The quantitative estimate of drug-likeness (QED) is 0.684. The summed E-state index contributed by atoms with van der Waals surface area (Å²) in [5.41, 5.74) is 0.705. The zero-order chi connectivity index (χ0) is 21.3. The second kappa shape index (κ2) is 6.82. The molecule has 0 bridgehead atoms. The second-order valence-corrected chi connectivity index (χ2v) is 11.3. The van der Waals surface area contributed by atoms with Crippen LogP contribution in [0.3, 0.4) is 0 Å². The Labute approximate surface area is 179 Å². The van der Waals surface area contributed by atoms with Gasteiger partial charge in [0.05, 0.1) is 6.10 Å². The summed E-state index contributed by atoms with van der Waals surface area (Å²) in [6, 6.07) is 0. The fraction of sp³-hybridized carbons (Fsp3) is 0.840. The summed E-state index contributed by atoms with van der Waals surface area (Å²) in [5.74, 6) is 1.29. The van der Waals surface area contributed by atoms with E-state index in [4.69, 9.17) is 9.47 Å². The van der Waals surface area contributed by atoms with Gasteiger partial charge in [-0.3, -0.25) is 4.79 Å². The van der Waals surface area contributed by atoms with Gasteiger partial charge in [-0.15, -0.1) is 0 Å². The highest BCUT2D eigenvalue weighted by Crippen LogP contribution is 2.71. The zero-order valence-electron chi connectivity index (χ0n) is 18.6. The largest absolute Gasteiger partial charge is 0.458 e.